The lowest BCUT2D eigenvalue weighted by molar-refractivity contribution is 0.0948. The van der Waals surface area contributed by atoms with Crippen molar-refractivity contribution in [1.29, 1.82) is 0 Å². The van der Waals surface area contributed by atoms with E-state index >= 15 is 0 Å². The summed E-state index contributed by atoms with van der Waals surface area (Å²) in [6.45, 7) is 7.18. The minimum Gasteiger partial charge on any atom is -0.382 e. The summed E-state index contributed by atoms with van der Waals surface area (Å²) in [5, 5.41) is 3.33. The van der Waals surface area contributed by atoms with Gasteiger partial charge in [-0.25, -0.2) is 13.4 Å². The summed E-state index contributed by atoms with van der Waals surface area (Å²) in [7, 11) is -3.14. The predicted molar refractivity (Wildman–Crippen MR) is 86.7 cm³/mol. The maximum atomic E-state index is 12.1. The van der Waals surface area contributed by atoms with Crippen LogP contribution in [0.2, 0.25) is 0 Å². The Bertz CT molecular complexity index is 594. The van der Waals surface area contributed by atoms with E-state index in [9.17, 15) is 13.2 Å². The zero-order valence-electron chi connectivity index (χ0n) is 12.7. The monoisotopic (exact) mass is 334 g/mol. The van der Waals surface area contributed by atoms with Gasteiger partial charge in [-0.2, -0.15) is 0 Å². The van der Waals surface area contributed by atoms with Gasteiger partial charge in [-0.1, -0.05) is 11.3 Å². The lowest BCUT2D eigenvalue weighted by Gasteiger charge is -2.16. The zero-order chi connectivity index (χ0) is 16.2. The van der Waals surface area contributed by atoms with Gasteiger partial charge >= 0.3 is 0 Å². The molecule has 0 fully saturated rings. The summed E-state index contributed by atoms with van der Waals surface area (Å²) in [5.74, 6) is -0.328. The van der Waals surface area contributed by atoms with E-state index < -0.39 is 15.9 Å². The molecule has 3 N–H and O–H groups in total. The molecule has 9 heteroatoms. The Morgan fingerprint density at radius 1 is 1.43 bits per heavy atom. The molecule has 1 atom stereocenters. The molecule has 0 aliphatic heterocycles. The Balaban J connectivity index is 2.84. The van der Waals surface area contributed by atoms with Gasteiger partial charge in [0.15, 0.2) is 5.13 Å². The van der Waals surface area contributed by atoms with E-state index in [2.05, 4.69) is 10.3 Å². The number of nitrogens with zero attached hydrogens (tertiary/aromatic N) is 2. The number of nitrogens with one attached hydrogen (secondary N) is 1. The molecule has 120 valence electrons. The van der Waals surface area contributed by atoms with E-state index in [4.69, 9.17) is 5.73 Å². The molecule has 0 aromatic carbocycles. The number of nitrogen functional groups attached to an aromatic ring is 1. The molecule has 0 radical (unpaired) electrons. The quantitative estimate of drug-likeness (QED) is 0.762. The van der Waals surface area contributed by atoms with Crippen LogP contribution in [0.4, 0.5) is 10.9 Å². The van der Waals surface area contributed by atoms with Crippen LogP contribution in [0, 0.1) is 0 Å². The Hall–Kier alpha value is -1.35. The third-order valence-corrected chi connectivity index (χ3v) is 5.05. The number of anilines is 2. The number of amides is 1. The van der Waals surface area contributed by atoms with Crippen molar-refractivity contribution in [3.63, 3.8) is 0 Å². The first kappa shape index (κ1) is 17.7. The second-order valence-electron chi connectivity index (χ2n) is 4.85. The first-order chi connectivity index (χ1) is 9.67. The van der Waals surface area contributed by atoms with Crippen molar-refractivity contribution in [2.75, 3.05) is 35.7 Å². The van der Waals surface area contributed by atoms with Gasteiger partial charge in [-0.3, -0.25) is 4.79 Å². The first-order valence-electron chi connectivity index (χ1n) is 6.67. The van der Waals surface area contributed by atoms with E-state index in [0.29, 0.717) is 10.0 Å². The second kappa shape index (κ2) is 7.08. The van der Waals surface area contributed by atoms with Crippen molar-refractivity contribution < 1.29 is 13.2 Å². The Kier molecular flexibility index (Phi) is 5.97. The highest BCUT2D eigenvalue weighted by molar-refractivity contribution is 7.90. The molecule has 1 aromatic rings. The van der Waals surface area contributed by atoms with E-state index in [1.807, 2.05) is 18.7 Å². The van der Waals surface area contributed by atoms with Crippen molar-refractivity contribution in [2.45, 2.75) is 26.8 Å². The highest BCUT2D eigenvalue weighted by Gasteiger charge is 2.21. The second-order valence-corrected chi connectivity index (χ2v) is 8.01. The molecular weight excluding hydrogens is 312 g/mol. The Morgan fingerprint density at radius 2 is 2.00 bits per heavy atom. The number of carbonyl (C=O) groups excluding carboxylic acids is 1. The number of aromatic nitrogens is 1. The fourth-order valence-electron chi connectivity index (χ4n) is 1.90. The molecule has 0 spiro atoms. The number of hydrogen-bond acceptors (Lipinski definition) is 7. The highest BCUT2D eigenvalue weighted by Crippen LogP contribution is 2.27. The summed E-state index contributed by atoms with van der Waals surface area (Å²) >= 11 is 1.21. The summed E-state index contributed by atoms with van der Waals surface area (Å²) in [6, 6.07) is -0.481. The summed E-state index contributed by atoms with van der Waals surface area (Å²) < 4.78 is 22.4. The molecular formula is C12H22N4O3S2. The average Bonchev–Trinajstić information content (AvgIpc) is 2.70. The number of thiazole rings is 1. The van der Waals surface area contributed by atoms with Gasteiger partial charge in [-0.15, -0.1) is 0 Å². The molecule has 0 saturated carbocycles. The Morgan fingerprint density at radius 3 is 2.48 bits per heavy atom. The standard InChI is InChI=1S/C12H22N4O3S2/c1-5-16(6-2)12-15-10(13)9(20-12)11(17)14-8(3)7-21(4,18)19/h8H,5-7,13H2,1-4H3,(H,14,17). The molecule has 0 aliphatic carbocycles. The number of sulfone groups is 1. The number of rotatable bonds is 7. The smallest absolute Gasteiger partial charge is 0.265 e. The van der Waals surface area contributed by atoms with E-state index in [1.54, 1.807) is 6.92 Å². The first-order valence-corrected chi connectivity index (χ1v) is 9.55. The van der Waals surface area contributed by atoms with Crippen molar-refractivity contribution in [3.8, 4) is 0 Å². The van der Waals surface area contributed by atoms with Crippen molar-refractivity contribution >= 4 is 38.0 Å². The molecule has 1 heterocycles. The maximum absolute atomic E-state index is 12.1. The molecule has 0 aliphatic rings. The SMILES string of the molecule is CCN(CC)c1nc(N)c(C(=O)NC(C)CS(C)(=O)=O)s1. The van der Waals surface area contributed by atoms with Gasteiger partial charge in [0, 0.05) is 25.4 Å². The lowest BCUT2D eigenvalue weighted by Crippen LogP contribution is -2.37. The highest BCUT2D eigenvalue weighted by atomic mass is 32.2. The molecule has 0 saturated heterocycles. The topological polar surface area (TPSA) is 105 Å². The molecule has 1 rings (SSSR count). The molecule has 1 unspecified atom stereocenters. The molecule has 7 nitrogen and oxygen atoms in total. The van der Waals surface area contributed by atoms with Crippen LogP contribution in [0.15, 0.2) is 0 Å². The van der Waals surface area contributed by atoms with Gasteiger partial charge in [0.2, 0.25) is 0 Å². The number of nitrogens with two attached hydrogens (primary N) is 1. The summed E-state index contributed by atoms with van der Waals surface area (Å²) in [4.78, 5) is 18.7. The van der Waals surface area contributed by atoms with E-state index in [1.165, 1.54) is 11.3 Å². The number of hydrogen-bond donors (Lipinski definition) is 2. The largest absolute Gasteiger partial charge is 0.382 e. The lowest BCUT2D eigenvalue weighted by atomic mass is 10.3. The fourth-order valence-corrected chi connectivity index (χ4v) is 3.90. The van der Waals surface area contributed by atoms with Crippen molar-refractivity contribution in [1.82, 2.24) is 10.3 Å². The van der Waals surface area contributed by atoms with Crippen LogP contribution in [0.3, 0.4) is 0 Å². The van der Waals surface area contributed by atoms with E-state index in [0.717, 1.165) is 19.3 Å². The molecule has 0 bridgehead atoms. The zero-order valence-corrected chi connectivity index (χ0v) is 14.3. The van der Waals surface area contributed by atoms with Crippen LogP contribution in [0.5, 0.6) is 0 Å². The third kappa shape index (κ3) is 5.16. The van der Waals surface area contributed by atoms with Crippen LogP contribution in [-0.2, 0) is 9.84 Å². The summed E-state index contributed by atoms with van der Waals surface area (Å²) in [6.07, 6.45) is 1.13. The van der Waals surface area contributed by atoms with Crippen molar-refractivity contribution in [2.24, 2.45) is 0 Å². The van der Waals surface area contributed by atoms with Crippen LogP contribution < -0.4 is 16.0 Å². The average molecular weight is 334 g/mol. The van der Waals surface area contributed by atoms with Gasteiger partial charge < -0.3 is 16.0 Å². The van der Waals surface area contributed by atoms with Crippen LogP contribution in [-0.4, -0.2) is 50.4 Å². The fraction of sp³-hybridized carbons (Fsp3) is 0.667. The van der Waals surface area contributed by atoms with E-state index in [-0.39, 0.29) is 17.5 Å². The van der Waals surface area contributed by atoms with Gasteiger partial charge in [0.1, 0.15) is 20.5 Å². The van der Waals surface area contributed by atoms with Gasteiger partial charge in [0.05, 0.1) is 5.75 Å². The van der Waals surface area contributed by atoms with Crippen LogP contribution in [0.1, 0.15) is 30.4 Å². The molecule has 21 heavy (non-hydrogen) atoms. The normalized spacial score (nSPS) is 13.0. The maximum Gasteiger partial charge on any atom is 0.265 e. The number of carbonyl (C=O) groups is 1. The van der Waals surface area contributed by atoms with Crippen molar-refractivity contribution in [3.05, 3.63) is 4.88 Å². The van der Waals surface area contributed by atoms with Crippen LogP contribution >= 0.6 is 11.3 Å². The molecule has 1 amide bonds. The van der Waals surface area contributed by atoms with Crippen LogP contribution in [0.25, 0.3) is 0 Å². The minimum atomic E-state index is -3.14. The molecule has 1 aromatic heterocycles. The summed E-state index contributed by atoms with van der Waals surface area (Å²) in [5.41, 5.74) is 5.79. The van der Waals surface area contributed by atoms with Gasteiger partial charge in [-0.05, 0) is 20.8 Å². The van der Waals surface area contributed by atoms with Gasteiger partial charge in [0.25, 0.3) is 5.91 Å². The Labute approximate surface area is 129 Å². The predicted octanol–water partition coefficient (Wildman–Crippen LogP) is 0.734. The minimum absolute atomic E-state index is 0.111. The third-order valence-electron chi connectivity index (χ3n) is 2.81.